The molecule has 7 nitrogen and oxygen atoms in total. The minimum atomic E-state index is -0.416. The number of aromatic nitrogens is 2. The number of anilines is 1. The molecule has 2 aliphatic rings. The quantitative estimate of drug-likeness (QED) is 0.428. The van der Waals surface area contributed by atoms with Gasteiger partial charge in [-0.1, -0.05) is 50.6 Å². The fraction of sp³-hybridized carbons (Fsp3) is 0.414. The minimum Gasteiger partial charge on any atom is -0.376 e. The van der Waals surface area contributed by atoms with Crippen LogP contribution in [0, 0.1) is 5.82 Å². The van der Waals surface area contributed by atoms with Gasteiger partial charge in [0.1, 0.15) is 18.2 Å². The third-order valence-corrected chi connectivity index (χ3v) is 8.35. The molecule has 0 unspecified atom stereocenters. The summed E-state index contributed by atoms with van der Waals surface area (Å²) in [5.41, 5.74) is 2.53. The molecule has 2 aromatic carbocycles. The minimum absolute atomic E-state index is 0.0123. The van der Waals surface area contributed by atoms with Gasteiger partial charge < -0.3 is 10.1 Å². The van der Waals surface area contributed by atoms with Crippen molar-refractivity contribution in [2.75, 3.05) is 30.3 Å². The monoisotopic (exact) mass is 570 g/mol. The number of carbonyl (C=O) groups excluding carboxylic acids is 2. The Labute approximate surface area is 237 Å². The molecule has 2 aliphatic heterocycles. The van der Waals surface area contributed by atoms with E-state index in [1.807, 2.05) is 18.2 Å². The smallest absolute Gasteiger partial charge is 0.240 e. The molecular weight excluding hydrogens is 539 g/mol. The van der Waals surface area contributed by atoms with E-state index in [-0.39, 0.29) is 41.3 Å². The van der Waals surface area contributed by atoms with Crippen molar-refractivity contribution in [1.82, 2.24) is 15.1 Å². The zero-order valence-electron chi connectivity index (χ0n) is 22.2. The number of halogens is 2. The average Bonchev–Trinajstić information content (AvgIpc) is 3.52. The molecule has 1 N–H and O–H groups in total. The number of ether oxygens (including phenoxy) is 1. The molecule has 10 heteroatoms. The first-order valence-electron chi connectivity index (χ1n) is 13.1. The summed E-state index contributed by atoms with van der Waals surface area (Å²) in [5, 5.41) is 8.10. The second-order valence-electron chi connectivity index (χ2n) is 10.9. The lowest BCUT2D eigenvalue weighted by Crippen LogP contribution is -2.44. The topological polar surface area (TPSA) is 76.5 Å². The number of thioether (sulfide) groups is 1. The largest absolute Gasteiger partial charge is 0.376 e. The number of nitrogens with zero attached hydrogens (tertiary/aromatic N) is 3. The molecule has 2 atom stereocenters. The first-order valence-corrected chi connectivity index (χ1v) is 14.5. The molecule has 0 bridgehead atoms. The van der Waals surface area contributed by atoms with Crippen molar-refractivity contribution in [1.29, 1.82) is 0 Å². The van der Waals surface area contributed by atoms with Crippen LogP contribution in [0.25, 0.3) is 5.69 Å². The van der Waals surface area contributed by atoms with E-state index in [9.17, 15) is 14.0 Å². The molecule has 39 heavy (non-hydrogen) atoms. The Hall–Kier alpha value is -2.88. The van der Waals surface area contributed by atoms with E-state index in [4.69, 9.17) is 21.4 Å². The first kappa shape index (κ1) is 27.7. The standard InChI is InChI=1S/C29H32ClFN4O3S/c1-29(2,3)27-25-26(18-7-4-9-20(31)13-18)39-17-24(37)34(16-23(36)32-15-22-11-6-12-38-22)28(25)35(33-27)21-10-5-8-19(30)14-21/h4-5,7-10,13-14,22,26H,6,11-12,15-17H2,1-3H3,(H,32,36)/t22-,26+/m0/s1. The van der Waals surface area contributed by atoms with E-state index in [1.54, 1.807) is 22.9 Å². The van der Waals surface area contributed by atoms with E-state index in [0.717, 1.165) is 29.7 Å². The second kappa shape index (κ2) is 11.3. The molecule has 3 aromatic rings. The number of amides is 2. The van der Waals surface area contributed by atoms with Gasteiger partial charge in [0.25, 0.3) is 0 Å². The highest BCUT2D eigenvalue weighted by Crippen LogP contribution is 2.48. The molecule has 3 heterocycles. The fourth-order valence-corrected chi connectivity index (χ4v) is 6.40. The van der Waals surface area contributed by atoms with Crippen LogP contribution < -0.4 is 10.2 Å². The van der Waals surface area contributed by atoms with Crippen LogP contribution in [0.3, 0.4) is 0 Å². The van der Waals surface area contributed by atoms with Crippen LogP contribution in [0.4, 0.5) is 10.2 Å². The highest BCUT2D eigenvalue weighted by Gasteiger charge is 2.40. The highest BCUT2D eigenvalue weighted by atomic mass is 35.5. The van der Waals surface area contributed by atoms with Gasteiger partial charge in [0.2, 0.25) is 11.8 Å². The molecule has 0 spiro atoms. The van der Waals surface area contributed by atoms with Gasteiger partial charge >= 0.3 is 0 Å². The van der Waals surface area contributed by atoms with Crippen molar-refractivity contribution >= 4 is 41.0 Å². The predicted molar refractivity (Wildman–Crippen MR) is 152 cm³/mol. The summed E-state index contributed by atoms with van der Waals surface area (Å²) in [6, 6.07) is 13.7. The Bertz CT molecular complexity index is 1380. The third kappa shape index (κ3) is 6.00. The van der Waals surface area contributed by atoms with Crippen LogP contribution in [-0.2, 0) is 19.7 Å². The van der Waals surface area contributed by atoms with Crippen molar-refractivity contribution in [3.05, 3.63) is 76.2 Å². The molecule has 2 amide bonds. The van der Waals surface area contributed by atoms with Crippen molar-refractivity contribution in [3.8, 4) is 5.69 Å². The molecule has 1 saturated heterocycles. The summed E-state index contributed by atoms with van der Waals surface area (Å²) in [6.07, 6.45) is 1.86. The third-order valence-electron chi connectivity index (χ3n) is 6.86. The fourth-order valence-electron chi connectivity index (χ4n) is 5.03. The van der Waals surface area contributed by atoms with Gasteiger partial charge in [0.05, 0.1) is 28.5 Å². The molecule has 0 aliphatic carbocycles. The molecular formula is C29H32ClFN4O3S. The Morgan fingerprint density at radius 2 is 2.03 bits per heavy atom. The maximum atomic E-state index is 14.4. The van der Waals surface area contributed by atoms with E-state index >= 15 is 0 Å². The lowest BCUT2D eigenvalue weighted by Gasteiger charge is -2.25. The lowest BCUT2D eigenvalue weighted by molar-refractivity contribution is -0.123. The van der Waals surface area contributed by atoms with Crippen LogP contribution in [0.15, 0.2) is 48.5 Å². The number of rotatable bonds is 6. The van der Waals surface area contributed by atoms with Gasteiger partial charge in [0, 0.05) is 29.2 Å². The van der Waals surface area contributed by atoms with Crippen LogP contribution in [0.5, 0.6) is 0 Å². The van der Waals surface area contributed by atoms with Gasteiger partial charge in [0.15, 0.2) is 0 Å². The van der Waals surface area contributed by atoms with Crippen LogP contribution in [0.1, 0.15) is 55.7 Å². The van der Waals surface area contributed by atoms with E-state index in [2.05, 4.69) is 26.1 Å². The second-order valence-corrected chi connectivity index (χ2v) is 12.4. The molecule has 206 valence electrons. The number of nitrogens with one attached hydrogen (secondary N) is 1. The summed E-state index contributed by atoms with van der Waals surface area (Å²) in [5.74, 6) is -0.242. The van der Waals surface area contributed by atoms with Crippen LogP contribution >= 0.6 is 23.4 Å². The molecule has 0 radical (unpaired) electrons. The van der Waals surface area contributed by atoms with Crippen molar-refractivity contribution < 1.29 is 18.7 Å². The number of hydrogen-bond acceptors (Lipinski definition) is 5. The van der Waals surface area contributed by atoms with Gasteiger partial charge in [-0.15, -0.1) is 11.8 Å². The van der Waals surface area contributed by atoms with Crippen LogP contribution in [0.2, 0.25) is 5.02 Å². The van der Waals surface area contributed by atoms with Crippen molar-refractivity contribution in [3.63, 3.8) is 0 Å². The summed E-state index contributed by atoms with van der Waals surface area (Å²) < 4.78 is 21.7. The molecule has 5 rings (SSSR count). The predicted octanol–water partition coefficient (Wildman–Crippen LogP) is 5.43. The molecule has 0 saturated carbocycles. The zero-order chi connectivity index (χ0) is 27.7. The summed E-state index contributed by atoms with van der Waals surface area (Å²) in [6.45, 7) is 7.07. The van der Waals surface area contributed by atoms with Crippen molar-refractivity contribution in [2.24, 2.45) is 0 Å². The number of hydrogen-bond donors (Lipinski definition) is 1. The zero-order valence-corrected chi connectivity index (χ0v) is 23.8. The van der Waals surface area contributed by atoms with Gasteiger partial charge in [-0.2, -0.15) is 5.10 Å². The highest BCUT2D eigenvalue weighted by molar-refractivity contribution is 8.00. The van der Waals surface area contributed by atoms with E-state index < -0.39 is 5.41 Å². The summed E-state index contributed by atoms with van der Waals surface area (Å²) in [7, 11) is 0. The molecule has 1 fully saturated rings. The van der Waals surface area contributed by atoms with Gasteiger partial charge in [-0.05, 0) is 48.7 Å². The Morgan fingerprint density at radius 1 is 1.23 bits per heavy atom. The first-order chi connectivity index (χ1) is 18.6. The van der Waals surface area contributed by atoms with Gasteiger partial charge in [-0.25, -0.2) is 9.07 Å². The molecule has 1 aromatic heterocycles. The number of benzene rings is 2. The lowest BCUT2D eigenvalue weighted by atomic mass is 9.87. The van der Waals surface area contributed by atoms with Gasteiger partial charge in [-0.3, -0.25) is 14.5 Å². The Morgan fingerprint density at radius 3 is 2.72 bits per heavy atom. The Balaban J connectivity index is 1.65. The maximum Gasteiger partial charge on any atom is 0.240 e. The number of carbonyl (C=O) groups is 2. The van der Waals surface area contributed by atoms with E-state index in [1.165, 1.54) is 28.8 Å². The van der Waals surface area contributed by atoms with E-state index in [0.29, 0.717) is 29.7 Å². The summed E-state index contributed by atoms with van der Waals surface area (Å²) >= 11 is 7.77. The van der Waals surface area contributed by atoms with Crippen molar-refractivity contribution in [2.45, 2.75) is 50.4 Å². The van der Waals surface area contributed by atoms with Crippen LogP contribution in [-0.4, -0.2) is 53.1 Å². The number of fused-ring (bicyclic) bond motifs is 1. The summed E-state index contributed by atoms with van der Waals surface area (Å²) in [4.78, 5) is 28.4. The average molecular weight is 571 g/mol. The normalized spacial score (nSPS) is 19.6. The SMILES string of the molecule is CC(C)(C)c1nn(-c2cccc(Cl)c2)c2c1[C@@H](c1cccc(F)c1)SCC(=O)N2CC(=O)NC[C@@H]1CCCO1. The maximum absolute atomic E-state index is 14.4. The Kier molecular flexibility index (Phi) is 8.03.